The molecule has 3 heteroatoms. The van der Waals surface area contributed by atoms with E-state index in [-0.39, 0.29) is 21.1 Å². The molecule has 1 aliphatic rings. The summed E-state index contributed by atoms with van der Waals surface area (Å²) in [6, 6.07) is 0. The van der Waals surface area contributed by atoms with Crippen molar-refractivity contribution in [3.8, 4) is 0 Å². The van der Waals surface area contributed by atoms with Crippen LogP contribution in [0.25, 0.3) is 5.59 Å². The number of rotatable bonds is 0. The predicted octanol–water partition coefficient (Wildman–Crippen LogP) is 2.47. The van der Waals surface area contributed by atoms with E-state index in [1.807, 2.05) is 12.2 Å². The molecule has 2 nitrogen and oxygen atoms in total. The van der Waals surface area contributed by atoms with Crippen LogP contribution >= 0.6 is 0 Å². The van der Waals surface area contributed by atoms with Crippen LogP contribution in [-0.4, -0.2) is 0 Å². The summed E-state index contributed by atoms with van der Waals surface area (Å²) in [4.78, 5) is 7.25. The zero-order chi connectivity index (χ0) is 7.54. The number of nitrogens with zero attached hydrogens (tertiary/aromatic N) is 1. The third-order valence-corrected chi connectivity index (χ3v) is 0.586. The maximum atomic E-state index is 7.25. The second-order valence-corrected chi connectivity index (χ2v) is 1.00. The van der Waals surface area contributed by atoms with E-state index in [1.54, 1.807) is 6.92 Å². The van der Waals surface area contributed by atoms with E-state index in [4.69, 9.17) is 10.5 Å². The summed E-state index contributed by atoms with van der Waals surface area (Å²) in [7, 11) is 0. The minimum atomic E-state index is 0. The molecule has 0 fully saturated rings. The van der Waals surface area contributed by atoms with Gasteiger partial charge in [-0.15, -0.1) is 6.42 Å². The first-order valence-electron chi connectivity index (χ1n) is 2.61. The van der Waals surface area contributed by atoms with Crippen LogP contribution in [0.2, 0.25) is 0 Å². The number of hydrogen-bond acceptors (Lipinski definition) is 1. The van der Waals surface area contributed by atoms with Crippen LogP contribution in [0, 0.1) is 17.9 Å². The van der Waals surface area contributed by atoms with E-state index in [1.165, 1.54) is 0 Å². The van der Waals surface area contributed by atoms with Gasteiger partial charge in [0.15, 0.2) is 0 Å². The molecule has 0 aromatic carbocycles. The van der Waals surface area contributed by atoms with Crippen LogP contribution in [0.4, 0.5) is 0 Å². The molecule has 1 rings (SSSR count). The second-order valence-electron chi connectivity index (χ2n) is 1.00. The third kappa shape index (κ3) is 15.7. The minimum Gasteiger partial charge on any atom is -0.577 e. The van der Waals surface area contributed by atoms with Crippen molar-refractivity contribution in [3.05, 3.63) is 41.7 Å². The zero-order valence-corrected chi connectivity index (χ0v) is 8.84. The molecule has 0 unspecified atom stereocenters. The van der Waals surface area contributed by atoms with Gasteiger partial charge in [-0.1, -0.05) is 0 Å². The first-order chi connectivity index (χ1) is 4.50. The Morgan fingerprint density at radius 3 is 2.10 bits per heavy atom. The predicted molar refractivity (Wildman–Crippen MR) is 39.3 cm³/mol. The minimum absolute atomic E-state index is 0. The molecule has 0 spiro atoms. The largest absolute Gasteiger partial charge is 0.577 e. The molecule has 0 aliphatic heterocycles. The van der Waals surface area contributed by atoms with Crippen molar-refractivity contribution in [2.45, 2.75) is 13.3 Å². The molecule has 0 amide bonds. The first-order valence-corrected chi connectivity index (χ1v) is 2.61. The van der Waals surface area contributed by atoms with E-state index >= 15 is 0 Å². The van der Waals surface area contributed by atoms with E-state index in [0.717, 1.165) is 6.42 Å². The molecule has 0 atom stereocenters. The van der Waals surface area contributed by atoms with E-state index < -0.39 is 0 Å². The first kappa shape index (κ1) is 16.4. The molecular formula is C7H10NOW-3. The molecule has 0 heterocycles. The molecule has 0 N–H and O–H groups in total. The van der Waals surface area contributed by atoms with E-state index in [9.17, 15) is 0 Å². The van der Waals surface area contributed by atoms with Gasteiger partial charge in [-0.2, -0.15) is 13.0 Å². The molecule has 58 valence electrons. The number of hydrogen-bond donors (Lipinski definition) is 0. The summed E-state index contributed by atoms with van der Waals surface area (Å²) in [5.41, 5.74) is 5.75. The SMILES string of the molecule is [C-]1=CC=CC1.[CH2-]C.[N-]=O.[W]. The van der Waals surface area contributed by atoms with Crippen LogP contribution in [0.1, 0.15) is 13.3 Å². The Morgan fingerprint density at radius 2 is 2.00 bits per heavy atom. The molecule has 0 aromatic rings. The van der Waals surface area contributed by atoms with Crippen molar-refractivity contribution in [3.63, 3.8) is 0 Å². The van der Waals surface area contributed by atoms with Gasteiger partial charge in [-0.05, 0) is 0 Å². The number of allylic oxidation sites excluding steroid dienone is 4. The average molecular weight is 308 g/mol. The Hall–Kier alpha value is -0.232. The fourth-order valence-corrected chi connectivity index (χ4v) is 0.340. The van der Waals surface area contributed by atoms with Crippen molar-refractivity contribution in [1.82, 2.24) is 0 Å². The van der Waals surface area contributed by atoms with Crippen molar-refractivity contribution < 1.29 is 21.1 Å². The molecular weight excluding hydrogens is 298 g/mol. The van der Waals surface area contributed by atoms with Gasteiger partial charge < -0.3 is 17.4 Å². The third-order valence-electron chi connectivity index (χ3n) is 0.586. The molecule has 0 radical (unpaired) electrons. The maximum absolute atomic E-state index is 7.25. The number of nitroso groups, excluding NO2 is 1. The van der Waals surface area contributed by atoms with Gasteiger partial charge in [0.25, 0.3) is 0 Å². The monoisotopic (exact) mass is 308 g/mol. The summed E-state index contributed by atoms with van der Waals surface area (Å²) in [5.74, 6) is 0. The molecule has 0 saturated carbocycles. The summed E-state index contributed by atoms with van der Waals surface area (Å²) >= 11 is 0. The van der Waals surface area contributed by atoms with Gasteiger partial charge in [0, 0.05) is 21.1 Å². The second kappa shape index (κ2) is 23.3. The van der Waals surface area contributed by atoms with Crippen LogP contribution in [0.5, 0.6) is 0 Å². The standard InChI is InChI=1S/C5H5.C2H5.NO.W/c1-2-4-5-3-1;2*1-2;/h1-3H,4H2;1H2,2H3;;/q3*-1;. The molecule has 0 bridgehead atoms. The molecule has 0 aromatic heterocycles. The van der Waals surface area contributed by atoms with Crippen LogP contribution < -0.4 is 0 Å². The van der Waals surface area contributed by atoms with Crippen LogP contribution in [0.3, 0.4) is 0 Å². The van der Waals surface area contributed by atoms with Gasteiger partial charge in [0.1, 0.15) is 0 Å². The Bertz CT molecular complexity index is 81.6. The Balaban J connectivity index is -0.0000000875. The van der Waals surface area contributed by atoms with Gasteiger partial charge in [-0.25, -0.2) is 12.2 Å². The molecule has 10 heavy (non-hydrogen) atoms. The normalized spacial score (nSPS) is 9.80. The van der Waals surface area contributed by atoms with Gasteiger partial charge in [0.05, 0.1) is 0 Å². The molecule has 0 saturated heterocycles. The van der Waals surface area contributed by atoms with Crippen LogP contribution in [-0.2, 0) is 21.1 Å². The van der Waals surface area contributed by atoms with Crippen molar-refractivity contribution in [2.75, 3.05) is 0 Å². The average Bonchev–Trinajstić information content (AvgIpc) is 2.51. The van der Waals surface area contributed by atoms with Crippen molar-refractivity contribution in [1.29, 1.82) is 0 Å². The van der Waals surface area contributed by atoms with Gasteiger partial charge in [0.2, 0.25) is 0 Å². The van der Waals surface area contributed by atoms with Gasteiger partial charge >= 0.3 is 0 Å². The summed E-state index contributed by atoms with van der Waals surface area (Å²) < 4.78 is 0. The van der Waals surface area contributed by atoms with Gasteiger partial charge in [-0.3, -0.25) is 6.08 Å². The van der Waals surface area contributed by atoms with Crippen molar-refractivity contribution in [2.24, 2.45) is 0 Å². The quantitative estimate of drug-likeness (QED) is 0.634. The maximum Gasteiger partial charge on any atom is 0 e. The molecule has 1 aliphatic carbocycles. The van der Waals surface area contributed by atoms with E-state index in [2.05, 4.69) is 19.1 Å². The summed E-state index contributed by atoms with van der Waals surface area (Å²) in [5, 5.41) is 0. The van der Waals surface area contributed by atoms with Crippen molar-refractivity contribution >= 4 is 0 Å². The zero-order valence-electron chi connectivity index (χ0n) is 5.91. The summed E-state index contributed by atoms with van der Waals surface area (Å²) in [6.45, 7) is 5.00. The Labute approximate surface area is 76.4 Å². The smallest absolute Gasteiger partial charge is 0 e. The Morgan fingerprint density at radius 1 is 1.50 bits per heavy atom. The summed E-state index contributed by atoms with van der Waals surface area (Å²) in [6.07, 6.45) is 10.0. The van der Waals surface area contributed by atoms with E-state index in [0.29, 0.717) is 0 Å². The fourth-order valence-electron chi connectivity index (χ4n) is 0.340. The topological polar surface area (TPSA) is 39.4 Å². The Kier molecular flexibility index (Phi) is 38.2. The fraction of sp³-hybridized carbons (Fsp3) is 0.286. The van der Waals surface area contributed by atoms with Crippen LogP contribution in [0.15, 0.2) is 18.2 Å².